The summed E-state index contributed by atoms with van der Waals surface area (Å²) < 4.78 is 0. The van der Waals surface area contributed by atoms with Gasteiger partial charge in [-0.25, -0.2) is 0 Å². The molecule has 1 heterocycles. The highest BCUT2D eigenvalue weighted by atomic mass is 32.1. The third-order valence-electron chi connectivity index (χ3n) is 4.63. The van der Waals surface area contributed by atoms with Crippen LogP contribution in [0, 0.1) is 5.41 Å². The van der Waals surface area contributed by atoms with E-state index in [0.717, 1.165) is 18.0 Å². The third-order valence-corrected chi connectivity index (χ3v) is 5.30. The molecule has 0 aliphatic carbocycles. The van der Waals surface area contributed by atoms with Gasteiger partial charge in [0.15, 0.2) is 0 Å². The predicted molar refractivity (Wildman–Crippen MR) is 77.1 cm³/mol. The normalized spacial score (nSPS) is 26.8. The smallest absolute Gasteiger partial charge is 0.0870 e. The molecule has 1 saturated heterocycles. The van der Waals surface area contributed by atoms with Gasteiger partial charge < -0.3 is 4.90 Å². The lowest BCUT2D eigenvalue weighted by Crippen LogP contribution is -2.72. The van der Waals surface area contributed by atoms with Crippen LogP contribution in [0.25, 0.3) is 0 Å². The van der Waals surface area contributed by atoms with Crippen molar-refractivity contribution in [3.63, 3.8) is 0 Å². The monoisotopic (exact) mass is 247 g/mol. The molecule has 2 heteroatoms. The molecule has 0 aromatic heterocycles. The van der Waals surface area contributed by atoms with Crippen LogP contribution in [0.2, 0.25) is 0 Å². The maximum absolute atomic E-state index is 5.61. The van der Waals surface area contributed by atoms with E-state index < -0.39 is 0 Å². The molecule has 1 nitrogen and oxygen atoms in total. The largest absolute Gasteiger partial charge is 0.355 e. The molecule has 0 bridgehead atoms. The molecule has 0 N–H and O–H groups in total. The summed E-state index contributed by atoms with van der Waals surface area (Å²) in [7, 11) is 0. The Labute approximate surface area is 110 Å². The molecule has 1 aromatic rings. The molecule has 2 rings (SSSR count). The van der Waals surface area contributed by atoms with E-state index in [9.17, 15) is 0 Å². The second-order valence-corrected chi connectivity index (χ2v) is 6.01. The van der Waals surface area contributed by atoms with Gasteiger partial charge in [-0.05, 0) is 25.8 Å². The molecular formula is C15H21NS. The predicted octanol–water partition coefficient (Wildman–Crippen LogP) is 4.02. The van der Waals surface area contributed by atoms with Crippen LogP contribution in [0.1, 0.15) is 39.7 Å². The Morgan fingerprint density at radius 3 is 2.18 bits per heavy atom. The average molecular weight is 247 g/mol. The minimum absolute atomic E-state index is 0.161. The van der Waals surface area contributed by atoms with E-state index in [1.54, 1.807) is 0 Å². The summed E-state index contributed by atoms with van der Waals surface area (Å²) in [5, 5.41) is 0. The molecular weight excluding hydrogens is 226 g/mol. The Kier molecular flexibility index (Phi) is 3.03. The van der Waals surface area contributed by atoms with Crippen molar-refractivity contribution >= 4 is 17.2 Å². The molecule has 0 saturated carbocycles. The van der Waals surface area contributed by atoms with E-state index in [1.807, 2.05) is 0 Å². The van der Waals surface area contributed by atoms with Crippen LogP contribution in [-0.4, -0.2) is 15.4 Å². The molecule has 1 fully saturated rings. The molecule has 0 radical (unpaired) electrons. The van der Waals surface area contributed by atoms with E-state index in [-0.39, 0.29) is 11.0 Å². The van der Waals surface area contributed by atoms with Gasteiger partial charge in [0, 0.05) is 17.5 Å². The Morgan fingerprint density at radius 1 is 1.12 bits per heavy atom. The van der Waals surface area contributed by atoms with Crippen LogP contribution >= 0.6 is 12.2 Å². The number of likely N-dealkylation sites (tertiary alicyclic amines) is 1. The lowest BCUT2D eigenvalue weighted by molar-refractivity contribution is 0.0118. The zero-order valence-electron chi connectivity index (χ0n) is 11.2. The number of benzene rings is 1. The zero-order chi connectivity index (χ0) is 12.7. The standard InChI is InChI=1S/C15H21NS/c1-5-15(4)13(17)16(14(15,2)3)11-12-9-7-6-8-10-12/h6-10H,5,11H2,1-4H3. The van der Waals surface area contributed by atoms with E-state index in [2.05, 4.69) is 62.9 Å². The number of rotatable bonds is 3. The van der Waals surface area contributed by atoms with Crippen LogP contribution < -0.4 is 0 Å². The van der Waals surface area contributed by atoms with Crippen molar-refractivity contribution in [2.75, 3.05) is 0 Å². The zero-order valence-corrected chi connectivity index (χ0v) is 12.0. The van der Waals surface area contributed by atoms with Crippen LogP contribution in [-0.2, 0) is 6.54 Å². The first-order valence-electron chi connectivity index (χ1n) is 6.29. The third kappa shape index (κ3) is 1.70. The first kappa shape index (κ1) is 12.6. The second kappa shape index (κ2) is 4.09. The lowest BCUT2D eigenvalue weighted by Gasteiger charge is -2.64. The van der Waals surface area contributed by atoms with Gasteiger partial charge in [-0.1, -0.05) is 56.4 Å². The average Bonchev–Trinajstić information content (AvgIpc) is 2.35. The van der Waals surface area contributed by atoms with Crippen molar-refractivity contribution in [1.82, 2.24) is 4.90 Å². The number of nitrogens with zero attached hydrogens (tertiary/aromatic N) is 1. The molecule has 1 aliphatic rings. The minimum Gasteiger partial charge on any atom is -0.355 e. The fourth-order valence-corrected chi connectivity index (χ4v) is 3.36. The Hall–Kier alpha value is -0.890. The maximum atomic E-state index is 5.61. The first-order valence-corrected chi connectivity index (χ1v) is 6.70. The summed E-state index contributed by atoms with van der Waals surface area (Å²) in [4.78, 5) is 3.48. The molecule has 17 heavy (non-hydrogen) atoms. The molecule has 0 spiro atoms. The van der Waals surface area contributed by atoms with Crippen LogP contribution in [0.3, 0.4) is 0 Å². The highest BCUT2D eigenvalue weighted by molar-refractivity contribution is 7.80. The van der Waals surface area contributed by atoms with E-state index in [1.165, 1.54) is 5.56 Å². The maximum Gasteiger partial charge on any atom is 0.0870 e. The topological polar surface area (TPSA) is 3.24 Å². The van der Waals surface area contributed by atoms with E-state index >= 15 is 0 Å². The summed E-state index contributed by atoms with van der Waals surface area (Å²) in [6, 6.07) is 10.6. The molecule has 1 unspecified atom stereocenters. The second-order valence-electron chi connectivity index (χ2n) is 5.62. The van der Waals surface area contributed by atoms with E-state index in [4.69, 9.17) is 12.2 Å². The molecule has 92 valence electrons. The van der Waals surface area contributed by atoms with Gasteiger partial charge in [-0.3, -0.25) is 0 Å². The number of hydrogen-bond donors (Lipinski definition) is 0. The van der Waals surface area contributed by atoms with Gasteiger partial charge in [0.25, 0.3) is 0 Å². The molecule has 1 atom stereocenters. The number of thiocarbonyl (C=S) groups is 1. The molecule has 0 amide bonds. The van der Waals surface area contributed by atoms with Gasteiger partial charge in [0.05, 0.1) is 4.99 Å². The highest BCUT2D eigenvalue weighted by Gasteiger charge is 2.58. The summed E-state index contributed by atoms with van der Waals surface area (Å²) in [6.45, 7) is 10.1. The molecule has 1 aromatic carbocycles. The van der Waals surface area contributed by atoms with Crippen LogP contribution in [0.4, 0.5) is 0 Å². The fourth-order valence-electron chi connectivity index (χ4n) is 2.68. The quantitative estimate of drug-likeness (QED) is 0.742. The highest BCUT2D eigenvalue weighted by Crippen LogP contribution is 2.51. The van der Waals surface area contributed by atoms with Crippen molar-refractivity contribution in [2.45, 2.75) is 46.2 Å². The first-order chi connectivity index (χ1) is 7.93. The summed E-state index contributed by atoms with van der Waals surface area (Å²) >= 11 is 5.61. The van der Waals surface area contributed by atoms with Crippen molar-refractivity contribution in [3.8, 4) is 0 Å². The fraction of sp³-hybridized carbons (Fsp3) is 0.533. The Bertz CT molecular complexity index is 424. The van der Waals surface area contributed by atoms with Gasteiger partial charge in [0.2, 0.25) is 0 Å². The molecule has 1 aliphatic heterocycles. The van der Waals surface area contributed by atoms with Crippen LogP contribution in [0.15, 0.2) is 30.3 Å². The van der Waals surface area contributed by atoms with Crippen LogP contribution in [0.5, 0.6) is 0 Å². The van der Waals surface area contributed by atoms with Gasteiger partial charge in [-0.15, -0.1) is 0 Å². The van der Waals surface area contributed by atoms with Crippen molar-refractivity contribution < 1.29 is 0 Å². The SMILES string of the molecule is CCC1(C)C(=S)N(Cc2ccccc2)C1(C)C. The van der Waals surface area contributed by atoms with Gasteiger partial charge >= 0.3 is 0 Å². The number of hydrogen-bond acceptors (Lipinski definition) is 1. The van der Waals surface area contributed by atoms with Gasteiger partial charge in [-0.2, -0.15) is 0 Å². The van der Waals surface area contributed by atoms with Crippen molar-refractivity contribution in [1.29, 1.82) is 0 Å². The minimum atomic E-state index is 0.161. The Balaban J connectivity index is 2.18. The van der Waals surface area contributed by atoms with Crippen molar-refractivity contribution in [3.05, 3.63) is 35.9 Å². The van der Waals surface area contributed by atoms with Crippen molar-refractivity contribution in [2.24, 2.45) is 5.41 Å². The summed E-state index contributed by atoms with van der Waals surface area (Å²) in [5.74, 6) is 0. The summed E-state index contributed by atoms with van der Waals surface area (Å²) in [6.07, 6.45) is 1.12. The van der Waals surface area contributed by atoms with Gasteiger partial charge in [0.1, 0.15) is 0 Å². The summed E-state index contributed by atoms with van der Waals surface area (Å²) in [5.41, 5.74) is 1.67. The van der Waals surface area contributed by atoms with E-state index in [0.29, 0.717) is 0 Å². The Morgan fingerprint density at radius 2 is 1.71 bits per heavy atom. The lowest BCUT2D eigenvalue weighted by atomic mass is 9.62.